The monoisotopic (exact) mass is 322 g/mol. The molecule has 0 aromatic carbocycles. The fraction of sp³-hybridized carbons (Fsp3) is 0.429. The maximum atomic E-state index is 4.48. The van der Waals surface area contributed by atoms with Gasteiger partial charge in [-0.05, 0) is 48.0 Å². The van der Waals surface area contributed by atoms with E-state index in [-0.39, 0.29) is 6.04 Å². The van der Waals surface area contributed by atoms with Crippen molar-refractivity contribution in [3.8, 4) is 0 Å². The van der Waals surface area contributed by atoms with E-state index in [9.17, 15) is 0 Å². The molecule has 0 bridgehead atoms. The van der Waals surface area contributed by atoms with Gasteiger partial charge in [0.05, 0.1) is 28.1 Å². The van der Waals surface area contributed by atoms with Crippen LogP contribution in [0.15, 0.2) is 35.1 Å². The van der Waals surface area contributed by atoms with Crippen LogP contribution >= 0.6 is 15.9 Å². The van der Waals surface area contributed by atoms with Gasteiger partial charge in [-0.2, -0.15) is 5.10 Å². The predicted molar refractivity (Wildman–Crippen MR) is 80.0 cm³/mol. The average Bonchev–Trinajstić information content (AvgIpc) is 2.82. The first-order chi connectivity index (χ1) is 9.27. The number of pyridine rings is 1. The summed E-state index contributed by atoms with van der Waals surface area (Å²) in [5.74, 6) is 0. The van der Waals surface area contributed by atoms with Crippen LogP contribution in [0.1, 0.15) is 37.7 Å². The Bertz CT molecular complexity index is 509. The molecule has 102 valence electrons. The summed E-state index contributed by atoms with van der Waals surface area (Å²) in [5, 5.41) is 7.94. The number of nitrogens with one attached hydrogen (secondary N) is 1. The summed E-state index contributed by atoms with van der Waals surface area (Å²) in [6, 6.07) is 6.07. The Balaban J connectivity index is 2.40. The molecule has 0 fully saturated rings. The van der Waals surface area contributed by atoms with Crippen LogP contribution in [0.2, 0.25) is 0 Å². The second kappa shape index (κ2) is 6.82. The molecule has 2 aromatic heterocycles. The molecular weight excluding hydrogens is 304 g/mol. The van der Waals surface area contributed by atoms with Crippen LogP contribution in [0.4, 0.5) is 0 Å². The Morgan fingerprint density at radius 1 is 1.37 bits per heavy atom. The van der Waals surface area contributed by atoms with E-state index in [0.29, 0.717) is 0 Å². The highest BCUT2D eigenvalue weighted by Gasteiger charge is 2.21. The molecular formula is C14H19BrN4. The lowest BCUT2D eigenvalue weighted by Crippen LogP contribution is -2.26. The van der Waals surface area contributed by atoms with Gasteiger partial charge in [-0.1, -0.05) is 13.0 Å². The van der Waals surface area contributed by atoms with Gasteiger partial charge in [0.25, 0.3) is 0 Å². The number of halogens is 1. The first kappa shape index (κ1) is 14.2. The van der Waals surface area contributed by atoms with Crippen LogP contribution in [0.5, 0.6) is 0 Å². The number of hydrogen-bond donors (Lipinski definition) is 1. The van der Waals surface area contributed by atoms with Crippen LogP contribution in [0, 0.1) is 0 Å². The lowest BCUT2D eigenvalue weighted by Gasteiger charge is -2.19. The number of aryl methyl sites for hydroxylation is 1. The zero-order valence-electron chi connectivity index (χ0n) is 11.3. The van der Waals surface area contributed by atoms with E-state index < -0.39 is 0 Å². The molecule has 19 heavy (non-hydrogen) atoms. The normalized spacial score (nSPS) is 12.6. The SMILES string of the molecule is CCCNC(c1ccccn1)c1c(Br)cnn1CC. The summed E-state index contributed by atoms with van der Waals surface area (Å²) in [6.45, 7) is 6.05. The zero-order valence-corrected chi connectivity index (χ0v) is 12.9. The molecule has 0 aliphatic heterocycles. The third-order valence-corrected chi connectivity index (χ3v) is 3.60. The van der Waals surface area contributed by atoms with Crippen molar-refractivity contribution >= 4 is 15.9 Å². The van der Waals surface area contributed by atoms with E-state index >= 15 is 0 Å². The minimum Gasteiger partial charge on any atom is -0.304 e. The van der Waals surface area contributed by atoms with Gasteiger partial charge in [-0.3, -0.25) is 9.67 Å². The fourth-order valence-electron chi connectivity index (χ4n) is 2.09. The van der Waals surface area contributed by atoms with Crippen LogP contribution in [0.3, 0.4) is 0 Å². The van der Waals surface area contributed by atoms with Crippen LogP contribution in [0.25, 0.3) is 0 Å². The topological polar surface area (TPSA) is 42.7 Å². The van der Waals surface area contributed by atoms with E-state index in [1.165, 1.54) is 0 Å². The average molecular weight is 323 g/mol. The summed E-state index contributed by atoms with van der Waals surface area (Å²) in [5.41, 5.74) is 2.15. The Morgan fingerprint density at radius 3 is 2.84 bits per heavy atom. The van der Waals surface area contributed by atoms with E-state index in [2.05, 4.69) is 45.2 Å². The zero-order chi connectivity index (χ0) is 13.7. The van der Waals surface area contributed by atoms with Gasteiger partial charge in [0.2, 0.25) is 0 Å². The second-order valence-corrected chi connectivity index (χ2v) is 5.19. The first-order valence-corrected chi connectivity index (χ1v) is 7.42. The molecule has 0 amide bonds. The van der Waals surface area contributed by atoms with Crippen molar-refractivity contribution in [3.63, 3.8) is 0 Å². The van der Waals surface area contributed by atoms with Crippen LogP contribution < -0.4 is 5.32 Å². The summed E-state index contributed by atoms with van der Waals surface area (Å²) in [7, 11) is 0. The molecule has 0 saturated carbocycles. The number of nitrogens with zero attached hydrogens (tertiary/aromatic N) is 3. The Hall–Kier alpha value is -1.20. The fourth-order valence-corrected chi connectivity index (χ4v) is 2.61. The van der Waals surface area contributed by atoms with Crippen molar-refractivity contribution in [2.45, 2.75) is 32.9 Å². The molecule has 4 nitrogen and oxygen atoms in total. The number of hydrogen-bond acceptors (Lipinski definition) is 3. The molecule has 1 N–H and O–H groups in total. The number of aromatic nitrogens is 3. The lowest BCUT2D eigenvalue weighted by atomic mass is 10.1. The van der Waals surface area contributed by atoms with E-state index in [1.54, 1.807) is 0 Å². The maximum Gasteiger partial charge on any atom is 0.0933 e. The summed E-state index contributed by atoms with van der Waals surface area (Å²) < 4.78 is 3.03. The van der Waals surface area contributed by atoms with Gasteiger partial charge >= 0.3 is 0 Å². The third-order valence-electron chi connectivity index (χ3n) is 2.99. The highest BCUT2D eigenvalue weighted by atomic mass is 79.9. The lowest BCUT2D eigenvalue weighted by molar-refractivity contribution is 0.520. The van der Waals surface area contributed by atoms with Gasteiger partial charge in [-0.15, -0.1) is 0 Å². The van der Waals surface area contributed by atoms with Crippen molar-refractivity contribution in [3.05, 3.63) is 46.5 Å². The van der Waals surface area contributed by atoms with E-state index in [0.717, 1.165) is 35.4 Å². The maximum absolute atomic E-state index is 4.48. The minimum absolute atomic E-state index is 0.0676. The molecule has 1 atom stereocenters. The standard InChI is InChI=1S/C14H19BrN4/c1-3-8-17-13(12-7-5-6-9-16-12)14-11(15)10-18-19(14)4-2/h5-7,9-10,13,17H,3-4,8H2,1-2H3. The van der Waals surface area contributed by atoms with Crippen molar-refractivity contribution in [1.82, 2.24) is 20.1 Å². The summed E-state index contributed by atoms with van der Waals surface area (Å²) in [4.78, 5) is 4.48. The highest BCUT2D eigenvalue weighted by Crippen LogP contribution is 2.27. The second-order valence-electron chi connectivity index (χ2n) is 4.34. The highest BCUT2D eigenvalue weighted by molar-refractivity contribution is 9.10. The van der Waals surface area contributed by atoms with Crippen molar-refractivity contribution in [2.24, 2.45) is 0 Å². The van der Waals surface area contributed by atoms with Gasteiger partial charge in [-0.25, -0.2) is 0 Å². The predicted octanol–water partition coefficient (Wildman–Crippen LogP) is 3.15. The molecule has 0 spiro atoms. The summed E-state index contributed by atoms with van der Waals surface area (Å²) >= 11 is 3.60. The van der Waals surface area contributed by atoms with Gasteiger partial charge in [0.1, 0.15) is 0 Å². The first-order valence-electron chi connectivity index (χ1n) is 6.63. The Labute approximate surface area is 122 Å². The molecule has 0 aliphatic rings. The largest absolute Gasteiger partial charge is 0.304 e. The molecule has 2 aromatic rings. The van der Waals surface area contributed by atoms with Crippen LogP contribution in [-0.4, -0.2) is 21.3 Å². The van der Waals surface area contributed by atoms with Crippen LogP contribution in [-0.2, 0) is 6.54 Å². The van der Waals surface area contributed by atoms with Gasteiger partial charge in [0, 0.05) is 12.7 Å². The quantitative estimate of drug-likeness (QED) is 0.888. The Kier molecular flexibility index (Phi) is 5.10. The minimum atomic E-state index is 0.0676. The Morgan fingerprint density at radius 2 is 2.21 bits per heavy atom. The number of rotatable bonds is 6. The van der Waals surface area contributed by atoms with Crippen molar-refractivity contribution in [1.29, 1.82) is 0 Å². The molecule has 0 aliphatic carbocycles. The smallest absolute Gasteiger partial charge is 0.0933 e. The van der Waals surface area contributed by atoms with E-state index in [1.807, 2.05) is 35.3 Å². The van der Waals surface area contributed by atoms with Crippen molar-refractivity contribution < 1.29 is 0 Å². The molecule has 5 heteroatoms. The van der Waals surface area contributed by atoms with E-state index in [4.69, 9.17) is 0 Å². The van der Waals surface area contributed by atoms with Crippen molar-refractivity contribution in [2.75, 3.05) is 6.54 Å². The van der Waals surface area contributed by atoms with Gasteiger partial charge in [0.15, 0.2) is 0 Å². The summed E-state index contributed by atoms with van der Waals surface area (Å²) in [6.07, 6.45) is 4.76. The molecule has 1 unspecified atom stereocenters. The molecule has 0 radical (unpaired) electrons. The molecule has 2 rings (SSSR count). The molecule has 0 saturated heterocycles. The third kappa shape index (κ3) is 3.22. The molecule has 2 heterocycles. The van der Waals surface area contributed by atoms with Gasteiger partial charge < -0.3 is 5.32 Å².